The van der Waals surface area contributed by atoms with Crippen LogP contribution in [0.2, 0.25) is 0 Å². The molecule has 208 valence electrons. The third kappa shape index (κ3) is 8.92. The van der Waals surface area contributed by atoms with Crippen LogP contribution in [0.1, 0.15) is 66.1 Å². The second kappa shape index (κ2) is 13.7. The standard InChI is InChI=1S/C31H38N2O5S/c1-39(36,37)33-31(35)28-18-17-26(21-30(28)38-27-11-7-2-3-8-12-27)24-15-13-23(14-16-24)19-20-32-22-29(34)25-9-5-4-6-10-25/h4-6,9-10,13-18,21,27,29,32,34H,2-3,7-8,11-12,19-20,22H2,1H3,(H,33,35)/t29-/m0/s1. The van der Waals surface area contributed by atoms with E-state index in [9.17, 15) is 18.3 Å². The maximum absolute atomic E-state index is 12.7. The van der Waals surface area contributed by atoms with Gasteiger partial charge in [0.15, 0.2) is 0 Å². The first kappa shape index (κ1) is 28.8. The Labute approximate surface area is 231 Å². The quantitative estimate of drug-likeness (QED) is 0.229. The summed E-state index contributed by atoms with van der Waals surface area (Å²) in [5.74, 6) is -0.279. The topological polar surface area (TPSA) is 105 Å². The smallest absolute Gasteiger partial charge is 0.268 e. The first-order valence-electron chi connectivity index (χ1n) is 13.6. The van der Waals surface area contributed by atoms with Crippen molar-refractivity contribution in [3.05, 3.63) is 89.5 Å². The summed E-state index contributed by atoms with van der Waals surface area (Å²) >= 11 is 0. The summed E-state index contributed by atoms with van der Waals surface area (Å²) in [4.78, 5) is 12.7. The Balaban J connectivity index is 1.42. The minimum absolute atomic E-state index is 0.00261. The van der Waals surface area contributed by atoms with Crippen LogP contribution in [0.5, 0.6) is 5.75 Å². The molecule has 1 fully saturated rings. The van der Waals surface area contributed by atoms with Gasteiger partial charge in [-0.15, -0.1) is 0 Å². The van der Waals surface area contributed by atoms with E-state index in [1.807, 2.05) is 54.6 Å². The van der Waals surface area contributed by atoms with Gasteiger partial charge in [-0.25, -0.2) is 13.1 Å². The summed E-state index contributed by atoms with van der Waals surface area (Å²) in [6.45, 7) is 1.23. The molecule has 8 heteroatoms. The third-order valence-electron chi connectivity index (χ3n) is 7.00. The van der Waals surface area contributed by atoms with E-state index < -0.39 is 22.0 Å². The number of carbonyl (C=O) groups is 1. The lowest BCUT2D eigenvalue weighted by atomic mass is 10.0. The molecule has 7 nitrogen and oxygen atoms in total. The van der Waals surface area contributed by atoms with Gasteiger partial charge >= 0.3 is 0 Å². The van der Waals surface area contributed by atoms with Crippen molar-refractivity contribution in [1.82, 2.24) is 10.0 Å². The van der Waals surface area contributed by atoms with Gasteiger partial charge in [0.05, 0.1) is 24.0 Å². The molecule has 3 N–H and O–H groups in total. The van der Waals surface area contributed by atoms with Gasteiger partial charge in [-0.05, 0) is 73.0 Å². The van der Waals surface area contributed by atoms with Gasteiger partial charge in [-0.2, -0.15) is 0 Å². The molecule has 0 heterocycles. The van der Waals surface area contributed by atoms with E-state index in [0.29, 0.717) is 12.3 Å². The molecular weight excluding hydrogens is 512 g/mol. The van der Waals surface area contributed by atoms with Crippen LogP contribution in [0.3, 0.4) is 0 Å². The Morgan fingerprint density at radius 3 is 2.28 bits per heavy atom. The highest BCUT2D eigenvalue weighted by Gasteiger charge is 2.21. The minimum atomic E-state index is -3.70. The van der Waals surface area contributed by atoms with Crippen LogP contribution < -0.4 is 14.8 Å². The zero-order valence-electron chi connectivity index (χ0n) is 22.4. The number of hydrogen-bond acceptors (Lipinski definition) is 6. The largest absolute Gasteiger partial charge is 0.490 e. The monoisotopic (exact) mass is 550 g/mol. The molecule has 0 bridgehead atoms. The number of aliphatic hydroxyl groups is 1. The molecule has 1 aliphatic rings. The van der Waals surface area contributed by atoms with Crippen LogP contribution in [-0.4, -0.2) is 44.9 Å². The number of ether oxygens (including phenoxy) is 1. The van der Waals surface area contributed by atoms with Crippen LogP contribution >= 0.6 is 0 Å². The van der Waals surface area contributed by atoms with Crippen molar-refractivity contribution in [2.75, 3.05) is 19.3 Å². The molecule has 3 aromatic rings. The Morgan fingerprint density at radius 2 is 1.62 bits per heavy atom. The van der Waals surface area contributed by atoms with Gasteiger partial charge in [-0.3, -0.25) is 4.79 Å². The maximum Gasteiger partial charge on any atom is 0.268 e. The number of nitrogens with one attached hydrogen (secondary N) is 2. The van der Waals surface area contributed by atoms with Crippen LogP contribution in [0.15, 0.2) is 72.8 Å². The number of sulfonamides is 1. The summed E-state index contributed by atoms with van der Waals surface area (Å²) in [6, 6.07) is 23.1. The normalized spacial score (nSPS) is 15.3. The van der Waals surface area contributed by atoms with Crippen LogP contribution in [0.25, 0.3) is 11.1 Å². The van der Waals surface area contributed by atoms with Crippen molar-refractivity contribution in [3.63, 3.8) is 0 Å². The lowest BCUT2D eigenvalue weighted by molar-refractivity contribution is 0.0973. The molecule has 0 saturated heterocycles. The van der Waals surface area contributed by atoms with Gasteiger partial charge < -0.3 is 15.2 Å². The molecule has 3 aromatic carbocycles. The van der Waals surface area contributed by atoms with Crippen molar-refractivity contribution >= 4 is 15.9 Å². The number of rotatable bonds is 11. The van der Waals surface area contributed by atoms with Crippen LogP contribution in [-0.2, 0) is 16.4 Å². The molecule has 0 radical (unpaired) electrons. The molecule has 0 aliphatic heterocycles. The van der Waals surface area contributed by atoms with Gasteiger partial charge in [0, 0.05) is 6.54 Å². The van der Waals surface area contributed by atoms with E-state index in [0.717, 1.165) is 61.6 Å². The van der Waals surface area contributed by atoms with Crippen molar-refractivity contribution in [2.24, 2.45) is 0 Å². The lowest BCUT2D eigenvalue weighted by Gasteiger charge is -2.20. The highest BCUT2D eigenvalue weighted by Crippen LogP contribution is 2.31. The van der Waals surface area contributed by atoms with E-state index in [1.165, 1.54) is 18.4 Å². The van der Waals surface area contributed by atoms with E-state index in [1.54, 1.807) is 6.07 Å². The molecule has 1 atom stereocenters. The zero-order chi connectivity index (χ0) is 27.7. The number of benzene rings is 3. The van der Waals surface area contributed by atoms with Crippen molar-refractivity contribution in [3.8, 4) is 16.9 Å². The highest BCUT2D eigenvalue weighted by molar-refractivity contribution is 7.89. The Hall–Kier alpha value is -3.20. The van der Waals surface area contributed by atoms with E-state index in [4.69, 9.17) is 4.74 Å². The van der Waals surface area contributed by atoms with Gasteiger partial charge in [0.2, 0.25) is 10.0 Å². The first-order chi connectivity index (χ1) is 18.8. The van der Waals surface area contributed by atoms with Crippen molar-refractivity contribution < 1.29 is 23.1 Å². The molecule has 0 spiro atoms. The summed E-state index contributed by atoms with van der Waals surface area (Å²) in [5, 5.41) is 13.6. The van der Waals surface area contributed by atoms with E-state index in [-0.39, 0.29) is 11.7 Å². The van der Waals surface area contributed by atoms with Gasteiger partial charge in [0.1, 0.15) is 5.75 Å². The molecule has 4 rings (SSSR count). The number of hydrogen-bond donors (Lipinski definition) is 3. The minimum Gasteiger partial charge on any atom is -0.490 e. The highest BCUT2D eigenvalue weighted by atomic mass is 32.2. The van der Waals surface area contributed by atoms with Crippen LogP contribution in [0, 0.1) is 0 Å². The Bertz CT molecular complexity index is 1320. The van der Waals surface area contributed by atoms with Gasteiger partial charge in [-0.1, -0.05) is 73.5 Å². The van der Waals surface area contributed by atoms with Gasteiger partial charge in [0.25, 0.3) is 5.91 Å². The fourth-order valence-corrected chi connectivity index (χ4v) is 5.32. The van der Waals surface area contributed by atoms with E-state index >= 15 is 0 Å². The Morgan fingerprint density at radius 1 is 0.949 bits per heavy atom. The first-order valence-corrected chi connectivity index (χ1v) is 15.5. The molecule has 0 aromatic heterocycles. The zero-order valence-corrected chi connectivity index (χ0v) is 23.3. The SMILES string of the molecule is CS(=O)(=O)NC(=O)c1ccc(-c2ccc(CCNC[C@H](O)c3ccccc3)cc2)cc1OC1CCCCCC1. The van der Waals surface area contributed by atoms with Crippen molar-refractivity contribution in [2.45, 2.75) is 57.2 Å². The summed E-state index contributed by atoms with van der Waals surface area (Å²) in [7, 11) is -3.70. The fourth-order valence-electron chi connectivity index (χ4n) is 4.88. The second-order valence-corrected chi connectivity index (χ2v) is 12.0. The van der Waals surface area contributed by atoms with Crippen LogP contribution in [0.4, 0.5) is 0 Å². The fraction of sp³-hybridized carbons (Fsp3) is 0.387. The summed E-state index contributed by atoms with van der Waals surface area (Å²) in [6.07, 6.45) is 7.61. The second-order valence-electron chi connectivity index (χ2n) is 10.2. The summed E-state index contributed by atoms with van der Waals surface area (Å²) < 4.78 is 31.8. The maximum atomic E-state index is 12.7. The molecule has 1 amide bonds. The molecular formula is C31H38N2O5S. The number of carbonyl (C=O) groups excluding carboxylic acids is 1. The Kier molecular flexibility index (Phi) is 10.1. The molecule has 39 heavy (non-hydrogen) atoms. The predicted octanol–water partition coefficient (Wildman–Crippen LogP) is 5.01. The van der Waals surface area contributed by atoms with E-state index in [2.05, 4.69) is 22.2 Å². The molecule has 0 unspecified atom stereocenters. The average molecular weight is 551 g/mol. The number of amides is 1. The average Bonchev–Trinajstić information content (AvgIpc) is 3.19. The lowest BCUT2D eigenvalue weighted by Crippen LogP contribution is -2.30. The third-order valence-corrected chi connectivity index (χ3v) is 7.56. The van der Waals surface area contributed by atoms with Crippen molar-refractivity contribution in [1.29, 1.82) is 0 Å². The molecule has 1 saturated carbocycles. The molecule has 1 aliphatic carbocycles. The summed E-state index contributed by atoms with van der Waals surface area (Å²) in [5.41, 5.74) is 4.15. The predicted molar refractivity (Wildman–Crippen MR) is 154 cm³/mol. The number of aliphatic hydroxyl groups excluding tert-OH is 1.